The van der Waals surface area contributed by atoms with Crippen molar-refractivity contribution < 1.29 is 9.64 Å². The molecule has 1 heterocycles. The van der Waals surface area contributed by atoms with Gasteiger partial charge in [-0.25, -0.2) is 0 Å². The largest absolute Gasteiger partial charge is 0.370 e. The second-order valence-electron chi connectivity index (χ2n) is 6.63. The number of rotatable bonds is 4. The van der Waals surface area contributed by atoms with Gasteiger partial charge >= 0.3 is 0 Å². The number of nitrogens with zero attached hydrogens (tertiary/aromatic N) is 1. The van der Waals surface area contributed by atoms with Gasteiger partial charge in [0.1, 0.15) is 18.8 Å². The zero-order chi connectivity index (χ0) is 16.3. The molecule has 1 N–H and O–H groups in total. The minimum absolute atomic E-state index is 0.497. The van der Waals surface area contributed by atoms with Crippen molar-refractivity contribution in [2.75, 3.05) is 40.4 Å². The molecule has 2 aliphatic rings. The summed E-state index contributed by atoms with van der Waals surface area (Å²) in [5.74, 6) is 0. The maximum Gasteiger partial charge on any atom is 0.113 e. The molecule has 1 aromatic carbocycles. The van der Waals surface area contributed by atoms with Crippen molar-refractivity contribution in [1.82, 2.24) is 4.67 Å². The Morgan fingerprint density at radius 2 is 1.87 bits per heavy atom. The van der Waals surface area contributed by atoms with E-state index in [1.165, 1.54) is 24.6 Å². The fourth-order valence-corrected chi connectivity index (χ4v) is 8.04. The Hall–Kier alpha value is -0.510. The molecule has 23 heavy (non-hydrogen) atoms. The Balaban J connectivity index is 1.99. The Kier molecular flexibility index (Phi) is 5.71. The number of hydrogen-bond donors (Lipinski definition) is 1. The van der Waals surface area contributed by atoms with Gasteiger partial charge in [0.05, 0.1) is 25.1 Å². The summed E-state index contributed by atoms with van der Waals surface area (Å²) in [4.78, 5) is 1.60. The van der Waals surface area contributed by atoms with Crippen molar-refractivity contribution in [3.63, 3.8) is 0 Å². The van der Waals surface area contributed by atoms with Crippen LogP contribution in [0.5, 0.6) is 0 Å². The van der Waals surface area contributed by atoms with Crippen LogP contribution >= 0.6 is 6.19 Å². The van der Waals surface area contributed by atoms with Gasteiger partial charge in [0.15, 0.2) is 0 Å². The molecule has 1 saturated heterocycles. The van der Waals surface area contributed by atoms with E-state index < -0.39 is 6.19 Å². The lowest BCUT2D eigenvalue weighted by Gasteiger charge is -2.41. The first-order valence-electron chi connectivity index (χ1n) is 8.60. The highest BCUT2D eigenvalue weighted by molar-refractivity contribution is 8.17. The number of hydrogen-bond acceptors (Lipinski definition) is 2. The van der Waals surface area contributed by atoms with Crippen LogP contribution in [0.25, 0.3) is 0 Å². The minimum atomic E-state index is -1.81. The van der Waals surface area contributed by atoms with E-state index >= 15 is 0 Å². The molecule has 0 spiro atoms. The fraction of sp³-hybridized carbons (Fsp3) is 0.556. The molecule has 1 fully saturated rings. The molecule has 126 valence electrons. The summed E-state index contributed by atoms with van der Waals surface area (Å²) < 4.78 is 7.92. The predicted octanol–water partition coefficient (Wildman–Crippen LogP) is 1.62. The molecule has 5 heteroatoms. The lowest BCUT2D eigenvalue weighted by molar-refractivity contribution is -0.871. The smallest absolute Gasteiger partial charge is 0.113 e. The zero-order valence-corrected chi connectivity index (χ0v) is 15.9. The molecule has 0 saturated carbocycles. The molecule has 3 rings (SSSR count). The van der Waals surface area contributed by atoms with Crippen molar-refractivity contribution in [3.05, 3.63) is 42.1 Å². The van der Waals surface area contributed by atoms with Crippen LogP contribution in [0.4, 0.5) is 0 Å². The van der Waals surface area contributed by atoms with Crippen molar-refractivity contribution in [1.29, 1.82) is 0 Å². The van der Waals surface area contributed by atoms with Crippen molar-refractivity contribution in [2.24, 2.45) is 0 Å². The van der Waals surface area contributed by atoms with Gasteiger partial charge in [0, 0.05) is 0 Å². The monoisotopic (exact) mass is 351 g/mol. The summed E-state index contributed by atoms with van der Waals surface area (Å²) in [6.07, 6.45) is 4.37. The van der Waals surface area contributed by atoms with Crippen LogP contribution in [-0.4, -0.2) is 50.7 Å². The molecule has 2 atom stereocenters. The maximum absolute atomic E-state index is 6.41. The normalized spacial score (nSPS) is 25.9. The Bertz CT molecular complexity index is 596. The van der Waals surface area contributed by atoms with E-state index in [9.17, 15) is 0 Å². The van der Waals surface area contributed by atoms with Gasteiger partial charge in [-0.1, -0.05) is 42.1 Å². The molecule has 0 aromatic heterocycles. The second kappa shape index (κ2) is 7.58. The van der Waals surface area contributed by atoms with Crippen LogP contribution in [0.2, 0.25) is 0 Å². The van der Waals surface area contributed by atoms with Crippen molar-refractivity contribution in [2.45, 2.75) is 24.9 Å². The van der Waals surface area contributed by atoms with Crippen LogP contribution in [-0.2, 0) is 16.5 Å². The SMILES string of the molecule is CN(C)[P@](=S)(c1ccccc1)[C@@H]1CCCC=C1[NH+]1CCOCC1. The highest BCUT2D eigenvalue weighted by atomic mass is 32.4. The average molecular weight is 351 g/mol. The molecular formula is C18H28N2OPS+. The predicted molar refractivity (Wildman–Crippen MR) is 101 cm³/mol. The lowest BCUT2D eigenvalue weighted by Crippen LogP contribution is -3.13. The van der Waals surface area contributed by atoms with Crippen molar-refractivity contribution in [3.8, 4) is 0 Å². The first kappa shape index (κ1) is 17.3. The van der Waals surface area contributed by atoms with Crippen LogP contribution < -0.4 is 10.2 Å². The summed E-state index contributed by atoms with van der Waals surface area (Å²) in [6.45, 7) is 3.91. The first-order chi connectivity index (χ1) is 11.1. The molecule has 3 nitrogen and oxygen atoms in total. The molecule has 0 bridgehead atoms. The quantitative estimate of drug-likeness (QED) is 0.831. The number of allylic oxidation sites excluding steroid dienone is 2. The molecule has 1 aliphatic carbocycles. The third kappa shape index (κ3) is 3.47. The van der Waals surface area contributed by atoms with Crippen LogP contribution in [0.15, 0.2) is 42.1 Å². The van der Waals surface area contributed by atoms with Crippen LogP contribution in [0.1, 0.15) is 19.3 Å². The van der Waals surface area contributed by atoms with Crippen LogP contribution in [0, 0.1) is 0 Å². The van der Waals surface area contributed by atoms with Gasteiger partial charge in [-0.2, -0.15) is 0 Å². The van der Waals surface area contributed by atoms with Gasteiger partial charge < -0.3 is 9.64 Å². The molecule has 0 amide bonds. The number of nitrogens with one attached hydrogen (secondary N) is 1. The van der Waals surface area contributed by atoms with E-state index in [-0.39, 0.29) is 0 Å². The van der Waals surface area contributed by atoms with E-state index in [4.69, 9.17) is 16.5 Å². The topological polar surface area (TPSA) is 16.9 Å². The van der Waals surface area contributed by atoms with E-state index in [1.807, 2.05) is 0 Å². The van der Waals surface area contributed by atoms with Gasteiger partial charge in [0.25, 0.3) is 0 Å². The number of benzene rings is 1. The third-order valence-corrected chi connectivity index (χ3v) is 11.0. The summed E-state index contributed by atoms with van der Waals surface area (Å²) in [6, 6.07) is 10.8. The van der Waals surface area contributed by atoms with E-state index in [2.05, 4.69) is 55.2 Å². The number of ether oxygens (including phenoxy) is 1. The van der Waals surface area contributed by atoms with Crippen LogP contribution in [0.3, 0.4) is 0 Å². The Morgan fingerprint density at radius 1 is 1.17 bits per heavy atom. The average Bonchev–Trinajstić information content (AvgIpc) is 2.62. The lowest BCUT2D eigenvalue weighted by atomic mass is 10.0. The molecular weight excluding hydrogens is 323 g/mol. The highest BCUT2D eigenvalue weighted by Crippen LogP contribution is 2.56. The third-order valence-electron chi connectivity index (χ3n) is 5.05. The molecule has 0 radical (unpaired) electrons. The summed E-state index contributed by atoms with van der Waals surface area (Å²) in [5, 5.41) is 1.35. The minimum Gasteiger partial charge on any atom is -0.370 e. The Morgan fingerprint density at radius 3 is 2.52 bits per heavy atom. The van der Waals surface area contributed by atoms with Gasteiger partial charge in [0.2, 0.25) is 0 Å². The zero-order valence-electron chi connectivity index (χ0n) is 14.2. The summed E-state index contributed by atoms with van der Waals surface area (Å²) in [7, 11) is 4.35. The fourth-order valence-electron chi connectivity index (χ4n) is 3.84. The highest BCUT2D eigenvalue weighted by Gasteiger charge is 2.40. The molecule has 0 unspecified atom stereocenters. The van der Waals surface area contributed by atoms with E-state index in [0.717, 1.165) is 26.3 Å². The van der Waals surface area contributed by atoms with Gasteiger partial charge in [-0.15, -0.1) is 0 Å². The number of quaternary nitrogens is 1. The standard InChI is InChI=1S/C18H27N2OPS/c1-19(2)22(23,16-8-4-3-5-9-16)18-11-7-6-10-17(18)20-12-14-21-15-13-20/h3-5,8-10,18H,6-7,11-15H2,1-2H3/p+1/t18-,22+/m1/s1. The van der Waals surface area contributed by atoms with Crippen molar-refractivity contribution >= 4 is 23.3 Å². The molecule has 1 aliphatic heterocycles. The second-order valence-corrected chi connectivity index (χ2v) is 11.5. The summed E-state index contributed by atoms with van der Waals surface area (Å²) >= 11 is 6.41. The van der Waals surface area contributed by atoms with Gasteiger partial charge in [-0.3, -0.25) is 4.67 Å². The maximum atomic E-state index is 6.41. The molecule has 1 aromatic rings. The number of morpholine rings is 1. The first-order valence-corrected chi connectivity index (χ1v) is 11.4. The van der Waals surface area contributed by atoms with Gasteiger partial charge in [-0.05, 0) is 44.7 Å². The van der Waals surface area contributed by atoms with E-state index in [1.54, 1.807) is 10.6 Å². The van der Waals surface area contributed by atoms with E-state index in [0.29, 0.717) is 5.66 Å². The Labute approximate surface area is 145 Å². The summed E-state index contributed by atoms with van der Waals surface area (Å²) in [5.41, 5.74) is 2.07.